The van der Waals surface area contributed by atoms with Gasteiger partial charge in [0, 0.05) is 34.6 Å². The Hall–Kier alpha value is -2.77. The zero-order valence-corrected chi connectivity index (χ0v) is 16.2. The maximum Gasteiger partial charge on any atom is 0.345 e. The Bertz CT molecular complexity index is 1130. The predicted molar refractivity (Wildman–Crippen MR) is 109 cm³/mol. The van der Waals surface area contributed by atoms with E-state index in [-0.39, 0.29) is 18.4 Å². The van der Waals surface area contributed by atoms with Crippen LogP contribution in [0.15, 0.2) is 29.2 Å². The van der Waals surface area contributed by atoms with Gasteiger partial charge in [-0.2, -0.15) is 0 Å². The second kappa shape index (κ2) is 7.33. The number of aromatic amines is 1. The van der Waals surface area contributed by atoms with E-state index in [0.717, 1.165) is 30.3 Å². The number of rotatable bonds is 3. The van der Waals surface area contributed by atoms with Crippen LogP contribution >= 0.6 is 12.4 Å². The lowest BCUT2D eigenvalue weighted by molar-refractivity contribution is 0.0691. The Kier molecular flexibility index (Phi) is 5.23. The monoisotopic (exact) mass is 403 g/mol. The van der Waals surface area contributed by atoms with Crippen molar-refractivity contribution in [1.82, 2.24) is 9.38 Å². The molecule has 3 aromatic rings. The van der Waals surface area contributed by atoms with Gasteiger partial charge in [-0.1, -0.05) is 6.92 Å². The van der Waals surface area contributed by atoms with Gasteiger partial charge >= 0.3 is 5.97 Å². The fourth-order valence-electron chi connectivity index (χ4n) is 4.03. The average Bonchev–Trinajstić information content (AvgIpc) is 2.97. The van der Waals surface area contributed by atoms with Gasteiger partial charge in [0.1, 0.15) is 5.75 Å². The lowest BCUT2D eigenvalue weighted by Crippen LogP contribution is -2.27. The number of aromatic nitrogens is 2. The molecule has 3 heterocycles. The Labute approximate surface area is 167 Å². The second-order valence-corrected chi connectivity index (χ2v) is 7.02. The van der Waals surface area contributed by atoms with Crippen LogP contribution in [0.3, 0.4) is 0 Å². The first kappa shape index (κ1) is 20.0. The number of hydrogen-bond acceptors (Lipinski definition) is 4. The van der Waals surface area contributed by atoms with Gasteiger partial charge in [-0.25, -0.2) is 4.79 Å². The third kappa shape index (κ3) is 3.06. The van der Waals surface area contributed by atoms with E-state index in [1.54, 1.807) is 6.92 Å². The van der Waals surface area contributed by atoms with Crippen molar-refractivity contribution in [2.75, 3.05) is 0 Å². The summed E-state index contributed by atoms with van der Waals surface area (Å²) < 4.78 is 2.12. The minimum absolute atomic E-state index is 0. The molecule has 0 saturated heterocycles. The smallest absolute Gasteiger partial charge is 0.345 e. The van der Waals surface area contributed by atoms with E-state index in [2.05, 4.69) is 15.5 Å². The highest BCUT2D eigenvalue weighted by Crippen LogP contribution is 2.32. The maximum atomic E-state index is 12.2. The highest BCUT2D eigenvalue weighted by atomic mass is 35.5. The topological polar surface area (TPSA) is 121 Å². The number of halogens is 1. The number of pyridine rings is 2. The van der Waals surface area contributed by atoms with Crippen LogP contribution in [0.2, 0.25) is 0 Å². The fraction of sp³-hybridized carbons (Fsp3) is 0.300. The molecule has 0 radical (unpaired) electrons. The van der Waals surface area contributed by atoms with Crippen LogP contribution in [0.25, 0.3) is 16.8 Å². The summed E-state index contributed by atoms with van der Waals surface area (Å²) in [4.78, 5) is 26.1. The van der Waals surface area contributed by atoms with Crippen molar-refractivity contribution in [3.05, 3.63) is 57.1 Å². The number of hydrogen-bond donors (Lipinski definition) is 4. The molecule has 28 heavy (non-hydrogen) atoms. The summed E-state index contributed by atoms with van der Waals surface area (Å²) in [7, 11) is 0. The average molecular weight is 404 g/mol. The van der Waals surface area contributed by atoms with E-state index in [1.807, 2.05) is 18.3 Å². The molecule has 4 rings (SSSR count). The summed E-state index contributed by atoms with van der Waals surface area (Å²) in [5.74, 6) is -1.91. The van der Waals surface area contributed by atoms with Crippen molar-refractivity contribution in [2.24, 2.45) is 5.73 Å². The van der Waals surface area contributed by atoms with Crippen molar-refractivity contribution < 1.29 is 15.0 Å². The summed E-state index contributed by atoms with van der Waals surface area (Å²) >= 11 is 0. The van der Waals surface area contributed by atoms with Crippen molar-refractivity contribution in [2.45, 2.75) is 38.6 Å². The minimum atomic E-state index is -1.44. The molecule has 5 N–H and O–H groups in total. The van der Waals surface area contributed by atoms with E-state index < -0.39 is 22.8 Å². The Morgan fingerprint density at radius 3 is 2.82 bits per heavy atom. The van der Waals surface area contributed by atoms with Crippen LogP contribution in [-0.4, -0.2) is 31.6 Å². The van der Waals surface area contributed by atoms with Crippen molar-refractivity contribution >= 4 is 23.9 Å². The number of nitrogens with zero attached hydrogens (tertiary/aromatic N) is 1. The molecule has 0 spiro atoms. The molecule has 148 valence electrons. The molecule has 0 amide bonds. The van der Waals surface area contributed by atoms with Crippen LogP contribution in [0.4, 0.5) is 0 Å². The summed E-state index contributed by atoms with van der Waals surface area (Å²) in [5.41, 5.74) is 9.70. The molecule has 0 fully saturated rings. The van der Waals surface area contributed by atoms with Gasteiger partial charge in [0.05, 0.1) is 5.69 Å². The minimum Gasteiger partial charge on any atom is -0.506 e. The van der Waals surface area contributed by atoms with Crippen LogP contribution in [0, 0.1) is 0 Å². The molecular weight excluding hydrogens is 382 g/mol. The number of aryl methyl sites for hydroxylation is 1. The summed E-state index contributed by atoms with van der Waals surface area (Å²) in [6.45, 7) is 1.80. The van der Waals surface area contributed by atoms with Crippen molar-refractivity contribution in [3.63, 3.8) is 0 Å². The second-order valence-electron chi connectivity index (χ2n) is 7.02. The molecule has 0 aromatic carbocycles. The number of carbonyl (C=O) groups is 1. The van der Waals surface area contributed by atoms with E-state index in [0.29, 0.717) is 17.7 Å². The Morgan fingerprint density at radius 2 is 2.14 bits per heavy atom. The largest absolute Gasteiger partial charge is 0.506 e. The number of aromatic hydroxyl groups is 1. The number of carboxylic acid groups (broad SMARTS) is 1. The lowest BCUT2D eigenvalue weighted by atomic mass is 9.94. The molecule has 0 bridgehead atoms. The summed E-state index contributed by atoms with van der Waals surface area (Å²) in [6.07, 6.45) is 5.06. The molecular formula is C20H22ClN3O4. The van der Waals surface area contributed by atoms with E-state index >= 15 is 0 Å². The molecule has 1 aliphatic carbocycles. The summed E-state index contributed by atoms with van der Waals surface area (Å²) in [6, 6.07) is 6.09. The highest BCUT2D eigenvalue weighted by molar-refractivity contribution is 5.92. The number of nitrogens with one attached hydrogen (secondary N) is 1. The van der Waals surface area contributed by atoms with Gasteiger partial charge in [0.2, 0.25) is 0 Å². The first-order valence-electron chi connectivity index (χ1n) is 9.01. The van der Waals surface area contributed by atoms with Crippen LogP contribution < -0.4 is 11.3 Å². The molecule has 8 heteroatoms. The molecule has 1 atom stereocenters. The number of H-pyrrole nitrogens is 1. The van der Waals surface area contributed by atoms with Gasteiger partial charge in [-0.05, 0) is 49.4 Å². The number of carboxylic acids is 1. The van der Waals surface area contributed by atoms with E-state index in [4.69, 9.17) is 5.73 Å². The number of nitrogens with two attached hydrogens (primary N) is 1. The third-order valence-electron chi connectivity index (χ3n) is 5.35. The van der Waals surface area contributed by atoms with Crippen molar-refractivity contribution in [1.29, 1.82) is 0 Å². The number of fused-ring (bicyclic) bond motifs is 3. The quantitative estimate of drug-likeness (QED) is 0.535. The molecule has 0 aliphatic heterocycles. The SMILES string of the molecule is CCc1c(-c2ccn3c4c(cc3c2)CC(N)CC4)[nH]c(=O)c(C(=O)O)c1O.Cl. The third-order valence-corrected chi connectivity index (χ3v) is 5.35. The Morgan fingerprint density at radius 1 is 1.39 bits per heavy atom. The zero-order valence-electron chi connectivity index (χ0n) is 15.4. The van der Waals surface area contributed by atoms with Gasteiger partial charge in [0.15, 0.2) is 5.56 Å². The van der Waals surface area contributed by atoms with Crippen LogP contribution in [0.1, 0.15) is 40.5 Å². The van der Waals surface area contributed by atoms with E-state index in [1.165, 1.54) is 11.3 Å². The van der Waals surface area contributed by atoms with E-state index in [9.17, 15) is 19.8 Å². The zero-order chi connectivity index (χ0) is 19.3. The molecule has 7 nitrogen and oxygen atoms in total. The van der Waals surface area contributed by atoms with Crippen LogP contribution in [0.5, 0.6) is 5.75 Å². The van der Waals surface area contributed by atoms with Gasteiger partial charge in [0.25, 0.3) is 5.56 Å². The molecule has 1 aliphatic rings. The first-order valence-corrected chi connectivity index (χ1v) is 9.01. The fourth-order valence-corrected chi connectivity index (χ4v) is 4.03. The molecule has 0 saturated carbocycles. The summed E-state index contributed by atoms with van der Waals surface area (Å²) in [5, 5.41) is 19.5. The number of aromatic carboxylic acids is 1. The first-order chi connectivity index (χ1) is 12.9. The Balaban J connectivity index is 0.00000225. The lowest BCUT2D eigenvalue weighted by Gasteiger charge is -2.18. The van der Waals surface area contributed by atoms with Gasteiger partial charge in [-0.15, -0.1) is 12.4 Å². The predicted octanol–water partition coefficient (Wildman–Crippen LogP) is 2.50. The van der Waals surface area contributed by atoms with Gasteiger partial charge < -0.3 is 25.3 Å². The highest BCUT2D eigenvalue weighted by Gasteiger charge is 2.23. The normalized spacial score (nSPS) is 15.9. The van der Waals surface area contributed by atoms with Gasteiger partial charge in [-0.3, -0.25) is 4.79 Å². The maximum absolute atomic E-state index is 12.2. The van der Waals surface area contributed by atoms with Crippen molar-refractivity contribution in [3.8, 4) is 17.0 Å². The molecule has 3 aromatic heterocycles. The standard InChI is InChI=1S/C20H21N3O4.ClH/c1-2-14-17(22-19(25)16(18(14)24)20(26)27)10-5-6-23-13(8-10)9-11-7-12(21)3-4-15(11)23;/h5-6,8-9,12H,2-4,7,21H2,1H3,(H,26,27)(H2,22,24,25);1H. The van der Waals surface area contributed by atoms with Crippen LogP contribution in [-0.2, 0) is 19.3 Å². The molecule has 1 unspecified atom stereocenters.